The second-order valence-electron chi connectivity index (χ2n) is 7.66. The molecule has 5 rings (SSSR count). The predicted molar refractivity (Wildman–Crippen MR) is 118 cm³/mol. The van der Waals surface area contributed by atoms with Gasteiger partial charge in [0.15, 0.2) is 5.82 Å². The second kappa shape index (κ2) is 8.63. The lowest BCUT2D eigenvalue weighted by atomic mass is 10.1. The lowest BCUT2D eigenvalue weighted by Crippen LogP contribution is -2.37. The molecule has 1 saturated heterocycles. The summed E-state index contributed by atoms with van der Waals surface area (Å²) < 4.78 is 5.80. The summed E-state index contributed by atoms with van der Waals surface area (Å²) in [6, 6.07) is 16.2. The van der Waals surface area contributed by atoms with Crippen molar-refractivity contribution in [3.8, 4) is 11.4 Å². The Labute approximate surface area is 176 Å². The zero-order valence-corrected chi connectivity index (χ0v) is 16.9. The van der Waals surface area contributed by atoms with Gasteiger partial charge in [-0.3, -0.25) is 9.88 Å². The molecule has 0 bridgehead atoms. The molecule has 0 unspecified atom stereocenters. The highest BCUT2D eigenvalue weighted by Gasteiger charge is 2.24. The van der Waals surface area contributed by atoms with E-state index in [2.05, 4.69) is 27.3 Å². The summed E-state index contributed by atoms with van der Waals surface area (Å²) in [4.78, 5) is 16.3. The highest BCUT2D eigenvalue weighted by Crippen LogP contribution is 2.28. The SMILES string of the molecule is c1cncc(-c2nc(NC[C@H](c3ccco3)N3CCCCC3)c3ccccc3n2)c1. The number of rotatable bonds is 6. The van der Waals surface area contributed by atoms with Gasteiger partial charge >= 0.3 is 0 Å². The van der Waals surface area contributed by atoms with Crippen molar-refractivity contribution in [2.75, 3.05) is 25.0 Å². The third-order valence-electron chi connectivity index (χ3n) is 5.69. The molecule has 4 aromatic rings. The Morgan fingerprint density at radius 2 is 1.87 bits per heavy atom. The van der Waals surface area contributed by atoms with Crippen molar-refractivity contribution in [3.05, 3.63) is 72.9 Å². The molecule has 0 saturated carbocycles. The molecule has 0 spiro atoms. The second-order valence-corrected chi connectivity index (χ2v) is 7.66. The highest BCUT2D eigenvalue weighted by atomic mass is 16.3. The molecule has 1 N–H and O–H groups in total. The van der Waals surface area contributed by atoms with Crippen molar-refractivity contribution in [1.82, 2.24) is 19.9 Å². The average molecular weight is 399 g/mol. The fourth-order valence-electron chi connectivity index (χ4n) is 4.15. The maximum absolute atomic E-state index is 5.80. The predicted octanol–water partition coefficient (Wildman–Crippen LogP) is 4.92. The smallest absolute Gasteiger partial charge is 0.163 e. The Morgan fingerprint density at radius 1 is 0.967 bits per heavy atom. The number of furan rings is 1. The van der Waals surface area contributed by atoms with Crippen molar-refractivity contribution in [2.24, 2.45) is 0 Å². The number of fused-ring (bicyclic) bond motifs is 1. The Kier molecular flexibility index (Phi) is 5.40. The van der Waals surface area contributed by atoms with Crippen molar-refractivity contribution < 1.29 is 4.42 Å². The van der Waals surface area contributed by atoms with E-state index in [-0.39, 0.29) is 6.04 Å². The maximum Gasteiger partial charge on any atom is 0.163 e. The van der Waals surface area contributed by atoms with Crippen LogP contribution in [0.1, 0.15) is 31.1 Å². The third-order valence-corrected chi connectivity index (χ3v) is 5.69. The van der Waals surface area contributed by atoms with E-state index < -0.39 is 0 Å². The van der Waals surface area contributed by atoms with Gasteiger partial charge in [-0.1, -0.05) is 18.6 Å². The molecule has 4 heterocycles. The molecular weight excluding hydrogens is 374 g/mol. The molecule has 0 aliphatic carbocycles. The summed E-state index contributed by atoms with van der Waals surface area (Å²) in [6.45, 7) is 2.91. The summed E-state index contributed by atoms with van der Waals surface area (Å²) in [7, 11) is 0. The van der Waals surface area contributed by atoms with Crippen molar-refractivity contribution in [3.63, 3.8) is 0 Å². The summed E-state index contributed by atoms with van der Waals surface area (Å²) >= 11 is 0. The van der Waals surface area contributed by atoms with Crippen LogP contribution in [0.3, 0.4) is 0 Å². The summed E-state index contributed by atoms with van der Waals surface area (Å²) in [5.74, 6) is 2.51. The highest BCUT2D eigenvalue weighted by molar-refractivity contribution is 5.90. The van der Waals surface area contributed by atoms with Crippen LogP contribution in [0.5, 0.6) is 0 Å². The lowest BCUT2D eigenvalue weighted by molar-refractivity contribution is 0.153. The van der Waals surface area contributed by atoms with Crippen LogP contribution in [0, 0.1) is 0 Å². The zero-order valence-electron chi connectivity index (χ0n) is 16.9. The molecule has 1 fully saturated rings. The minimum Gasteiger partial charge on any atom is -0.468 e. The Bertz CT molecular complexity index is 1090. The van der Waals surface area contributed by atoms with E-state index in [1.165, 1.54) is 19.3 Å². The molecule has 6 nitrogen and oxygen atoms in total. The standard InChI is InChI=1S/C24H25N5O/c1-4-13-29(14-5-1)21(22-11-7-15-30-22)17-26-24-19-9-2-3-10-20(19)27-23(28-24)18-8-6-12-25-16-18/h2-3,6-12,15-16,21H,1,4-5,13-14,17H2,(H,26,27,28)/t21-/m1/s1. The van der Waals surface area contributed by atoms with E-state index in [1.54, 1.807) is 18.7 Å². The molecule has 1 aromatic carbocycles. The first-order valence-electron chi connectivity index (χ1n) is 10.6. The lowest BCUT2D eigenvalue weighted by Gasteiger charge is -2.33. The minimum absolute atomic E-state index is 0.177. The van der Waals surface area contributed by atoms with Crippen molar-refractivity contribution in [2.45, 2.75) is 25.3 Å². The molecule has 0 amide bonds. The first-order chi connectivity index (χ1) is 14.9. The van der Waals surface area contributed by atoms with Crippen LogP contribution in [0.2, 0.25) is 0 Å². The van der Waals surface area contributed by atoms with Gasteiger partial charge in [0.25, 0.3) is 0 Å². The molecule has 3 aromatic heterocycles. The molecule has 0 radical (unpaired) electrons. The number of aromatic nitrogens is 3. The topological polar surface area (TPSA) is 67.1 Å². The van der Waals surface area contributed by atoms with Gasteiger partial charge < -0.3 is 9.73 Å². The molecule has 30 heavy (non-hydrogen) atoms. The number of pyridine rings is 1. The van der Waals surface area contributed by atoms with Crippen LogP contribution in [-0.4, -0.2) is 39.5 Å². The number of nitrogens with one attached hydrogen (secondary N) is 1. The number of hydrogen-bond donors (Lipinski definition) is 1. The van der Waals surface area contributed by atoms with Crippen LogP contribution in [-0.2, 0) is 0 Å². The number of piperidine rings is 1. The van der Waals surface area contributed by atoms with Crippen molar-refractivity contribution in [1.29, 1.82) is 0 Å². The van der Waals surface area contributed by atoms with E-state index in [0.717, 1.165) is 47.7 Å². The van der Waals surface area contributed by atoms with Gasteiger partial charge in [0.1, 0.15) is 11.6 Å². The van der Waals surface area contributed by atoms with Crippen LogP contribution < -0.4 is 5.32 Å². The van der Waals surface area contributed by atoms with E-state index in [0.29, 0.717) is 5.82 Å². The average Bonchev–Trinajstić information content (AvgIpc) is 3.35. The quantitative estimate of drug-likeness (QED) is 0.496. The van der Waals surface area contributed by atoms with Crippen LogP contribution >= 0.6 is 0 Å². The van der Waals surface area contributed by atoms with Crippen molar-refractivity contribution >= 4 is 16.7 Å². The number of likely N-dealkylation sites (tertiary alicyclic amines) is 1. The first kappa shape index (κ1) is 18.8. The third kappa shape index (κ3) is 3.91. The fourth-order valence-corrected chi connectivity index (χ4v) is 4.15. The summed E-state index contributed by atoms with van der Waals surface area (Å²) in [6.07, 6.45) is 9.09. The molecule has 1 atom stereocenters. The number of hydrogen-bond acceptors (Lipinski definition) is 6. The normalized spacial score (nSPS) is 15.9. The number of para-hydroxylation sites is 1. The van der Waals surface area contributed by atoms with Gasteiger partial charge in [-0.05, 0) is 62.3 Å². The molecule has 152 valence electrons. The number of anilines is 1. The zero-order chi connectivity index (χ0) is 20.2. The van der Waals surface area contributed by atoms with Gasteiger partial charge in [-0.25, -0.2) is 9.97 Å². The monoisotopic (exact) mass is 399 g/mol. The van der Waals surface area contributed by atoms with E-state index in [9.17, 15) is 0 Å². The number of nitrogens with zero attached hydrogens (tertiary/aromatic N) is 4. The largest absolute Gasteiger partial charge is 0.468 e. The van der Waals surface area contributed by atoms with E-state index in [1.807, 2.05) is 36.4 Å². The Morgan fingerprint density at radius 3 is 2.67 bits per heavy atom. The van der Waals surface area contributed by atoms with Gasteiger partial charge in [0, 0.05) is 29.9 Å². The Hall–Kier alpha value is -3.25. The molecular formula is C24H25N5O. The molecule has 1 aliphatic rings. The summed E-state index contributed by atoms with van der Waals surface area (Å²) in [5.41, 5.74) is 1.83. The van der Waals surface area contributed by atoms with E-state index in [4.69, 9.17) is 14.4 Å². The van der Waals surface area contributed by atoms with Gasteiger partial charge in [0.2, 0.25) is 0 Å². The Balaban J connectivity index is 1.47. The van der Waals surface area contributed by atoms with Crippen LogP contribution in [0.4, 0.5) is 5.82 Å². The minimum atomic E-state index is 0.177. The van der Waals surface area contributed by atoms with Gasteiger partial charge in [-0.2, -0.15) is 0 Å². The van der Waals surface area contributed by atoms with Gasteiger partial charge in [-0.15, -0.1) is 0 Å². The van der Waals surface area contributed by atoms with Crippen LogP contribution in [0.25, 0.3) is 22.3 Å². The fraction of sp³-hybridized carbons (Fsp3) is 0.292. The maximum atomic E-state index is 5.80. The molecule has 1 aliphatic heterocycles. The van der Waals surface area contributed by atoms with Crippen LogP contribution in [0.15, 0.2) is 71.6 Å². The molecule has 6 heteroatoms. The van der Waals surface area contributed by atoms with E-state index >= 15 is 0 Å². The summed E-state index contributed by atoms with van der Waals surface area (Å²) in [5, 5.41) is 4.63. The van der Waals surface area contributed by atoms with Gasteiger partial charge in [0.05, 0.1) is 17.8 Å². The first-order valence-corrected chi connectivity index (χ1v) is 10.6. The number of benzene rings is 1.